The predicted molar refractivity (Wildman–Crippen MR) is 98.0 cm³/mol. The van der Waals surface area contributed by atoms with Crippen LogP contribution in [0.1, 0.15) is 11.3 Å². The molecule has 0 radical (unpaired) electrons. The highest BCUT2D eigenvalue weighted by Crippen LogP contribution is 2.35. The van der Waals surface area contributed by atoms with Crippen molar-refractivity contribution in [1.82, 2.24) is 14.3 Å². The largest absolute Gasteiger partial charge is 0.378 e. The van der Waals surface area contributed by atoms with Gasteiger partial charge in [-0.3, -0.25) is 0 Å². The molecule has 2 aliphatic heterocycles. The van der Waals surface area contributed by atoms with Gasteiger partial charge in [0.15, 0.2) is 0 Å². The van der Waals surface area contributed by atoms with Gasteiger partial charge in [0, 0.05) is 31.4 Å². The van der Waals surface area contributed by atoms with E-state index in [-0.39, 0.29) is 28.0 Å². The third-order valence-electron chi connectivity index (χ3n) is 4.43. The average Bonchev–Trinajstić information content (AvgIpc) is 3.06. The molecule has 26 heavy (non-hydrogen) atoms. The zero-order valence-corrected chi connectivity index (χ0v) is 16.1. The van der Waals surface area contributed by atoms with E-state index < -0.39 is 10.0 Å². The number of morpholine rings is 1. The van der Waals surface area contributed by atoms with Gasteiger partial charge in [0.25, 0.3) is 0 Å². The fraction of sp³-hybridized carbons (Fsp3) is 0.375. The first kappa shape index (κ1) is 17.9. The molecule has 0 spiro atoms. The molecular formula is C16H16Cl2N4O3S. The highest BCUT2D eigenvalue weighted by molar-refractivity contribution is 7.89. The van der Waals surface area contributed by atoms with Crippen molar-refractivity contribution in [2.45, 2.75) is 18.0 Å². The predicted octanol–water partition coefficient (Wildman–Crippen LogP) is 2.32. The van der Waals surface area contributed by atoms with E-state index in [1.54, 1.807) is 12.3 Å². The fourth-order valence-electron chi connectivity index (χ4n) is 3.06. The number of sulfonamides is 1. The summed E-state index contributed by atoms with van der Waals surface area (Å²) in [4.78, 5) is 10.9. The standard InChI is InChI=1S/C16H16Cl2N4O3S/c17-12-2-1-3-13(18)15(12)26(23,24)22-9-11-8-19-16(20-14(11)10-22)21-4-6-25-7-5-21/h1-3,8H,4-7,9-10H2. The van der Waals surface area contributed by atoms with E-state index in [0.29, 0.717) is 24.9 Å². The van der Waals surface area contributed by atoms with Crippen molar-refractivity contribution < 1.29 is 13.2 Å². The number of fused-ring (bicyclic) bond motifs is 1. The maximum absolute atomic E-state index is 13.0. The molecule has 0 atom stereocenters. The summed E-state index contributed by atoms with van der Waals surface area (Å²) in [5.74, 6) is 0.599. The van der Waals surface area contributed by atoms with Crippen LogP contribution in [0.15, 0.2) is 29.3 Å². The van der Waals surface area contributed by atoms with Gasteiger partial charge < -0.3 is 9.64 Å². The summed E-state index contributed by atoms with van der Waals surface area (Å²) in [6.07, 6.45) is 1.69. The normalized spacial score (nSPS) is 18.2. The van der Waals surface area contributed by atoms with Crippen LogP contribution in [0.2, 0.25) is 10.0 Å². The molecule has 0 aliphatic carbocycles. The number of rotatable bonds is 3. The number of benzene rings is 1. The van der Waals surface area contributed by atoms with Gasteiger partial charge >= 0.3 is 0 Å². The maximum Gasteiger partial charge on any atom is 0.246 e. The van der Waals surface area contributed by atoms with Gasteiger partial charge in [0.2, 0.25) is 16.0 Å². The van der Waals surface area contributed by atoms with Crippen LogP contribution < -0.4 is 4.90 Å². The molecule has 1 saturated heterocycles. The van der Waals surface area contributed by atoms with Crippen LogP contribution >= 0.6 is 23.2 Å². The number of halogens is 2. The summed E-state index contributed by atoms with van der Waals surface area (Å²) in [6, 6.07) is 4.64. The van der Waals surface area contributed by atoms with Crippen LogP contribution in [0.3, 0.4) is 0 Å². The summed E-state index contributed by atoms with van der Waals surface area (Å²) in [5, 5.41) is 0.210. The molecule has 0 amide bonds. The molecule has 3 heterocycles. The van der Waals surface area contributed by atoms with E-state index in [1.807, 2.05) is 4.90 Å². The Labute approximate surface area is 161 Å². The van der Waals surface area contributed by atoms with Gasteiger partial charge in [-0.25, -0.2) is 18.4 Å². The first-order valence-corrected chi connectivity index (χ1v) is 10.3. The number of hydrogen-bond donors (Lipinski definition) is 0. The Bertz CT molecular complexity index is 928. The quantitative estimate of drug-likeness (QED) is 0.766. The minimum atomic E-state index is -3.84. The van der Waals surface area contributed by atoms with Crippen LogP contribution in [0.4, 0.5) is 5.95 Å². The Morgan fingerprint density at radius 3 is 2.46 bits per heavy atom. The van der Waals surface area contributed by atoms with Gasteiger partial charge in [-0.05, 0) is 12.1 Å². The summed E-state index contributed by atoms with van der Waals surface area (Å²) < 4.78 is 32.7. The zero-order valence-electron chi connectivity index (χ0n) is 13.7. The third-order valence-corrected chi connectivity index (χ3v) is 7.17. The summed E-state index contributed by atoms with van der Waals surface area (Å²) >= 11 is 12.2. The molecule has 0 bridgehead atoms. The molecule has 1 fully saturated rings. The van der Waals surface area contributed by atoms with Gasteiger partial charge in [-0.15, -0.1) is 0 Å². The van der Waals surface area contributed by atoms with E-state index in [2.05, 4.69) is 9.97 Å². The molecule has 0 N–H and O–H groups in total. The van der Waals surface area contributed by atoms with Crippen molar-refractivity contribution in [3.63, 3.8) is 0 Å². The first-order chi connectivity index (χ1) is 12.5. The van der Waals surface area contributed by atoms with Crippen LogP contribution in [-0.2, 0) is 27.8 Å². The molecule has 4 rings (SSSR count). The molecule has 10 heteroatoms. The van der Waals surface area contributed by atoms with Gasteiger partial charge in [-0.1, -0.05) is 29.3 Å². The lowest BCUT2D eigenvalue weighted by Gasteiger charge is -2.26. The Kier molecular flexibility index (Phi) is 4.79. The highest BCUT2D eigenvalue weighted by atomic mass is 35.5. The van der Waals surface area contributed by atoms with Crippen molar-refractivity contribution in [2.75, 3.05) is 31.2 Å². The molecule has 1 aromatic carbocycles. The first-order valence-electron chi connectivity index (χ1n) is 8.08. The topological polar surface area (TPSA) is 75.6 Å². The second-order valence-electron chi connectivity index (χ2n) is 6.07. The SMILES string of the molecule is O=S(=O)(c1c(Cl)cccc1Cl)N1Cc2cnc(N3CCOCC3)nc2C1. The van der Waals surface area contributed by atoms with E-state index in [4.69, 9.17) is 27.9 Å². The van der Waals surface area contributed by atoms with Crippen LogP contribution in [0.25, 0.3) is 0 Å². The zero-order chi connectivity index (χ0) is 18.3. The van der Waals surface area contributed by atoms with Crippen LogP contribution in [-0.4, -0.2) is 49.0 Å². The van der Waals surface area contributed by atoms with Gasteiger partial charge in [0.05, 0.1) is 35.5 Å². The smallest absolute Gasteiger partial charge is 0.246 e. The Balaban J connectivity index is 1.62. The second kappa shape index (κ2) is 6.94. The molecule has 2 aliphatic rings. The third kappa shape index (κ3) is 3.16. The Morgan fingerprint density at radius 2 is 1.77 bits per heavy atom. The average molecular weight is 415 g/mol. The van der Waals surface area contributed by atoms with Crippen molar-refractivity contribution in [2.24, 2.45) is 0 Å². The number of nitrogens with zero attached hydrogens (tertiary/aromatic N) is 4. The molecule has 1 aromatic heterocycles. The molecule has 7 nitrogen and oxygen atoms in total. The lowest BCUT2D eigenvalue weighted by molar-refractivity contribution is 0.122. The van der Waals surface area contributed by atoms with Crippen molar-refractivity contribution >= 4 is 39.2 Å². The molecular weight excluding hydrogens is 399 g/mol. The summed E-state index contributed by atoms with van der Waals surface area (Å²) in [7, 11) is -3.84. The minimum absolute atomic E-state index is 0.0718. The van der Waals surface area contributed by atoms with Crippen molar-refractivity contribution in [3.05, 3.63) is 45.7 Å². The van der Waals surface area contributed by atoms with Crippen molar-refractivity contribution in [3.8, 4) is 0 Å². The van der Waals surface area contributed by atoms with E-state index in [1.165, 1.54) is 16.4 Å². The molecule has 138 valence electrons. The number of ether oxygens (including phenoxy) is 1. The monoisotopic (exact) mass is 414 g/mol. The molecule has 0 saturated carbocycles. The maximum atomic E-state index is 13.0. The van der Waals surface area contributed by atoms with E-state index in [0.717, 1.165) is 18.7 Å². The summed E-state index contributed by atoms with van der Waals surface area (Å²) in [5.41, 5.74) is 1.49. The molecule has 2 aromatic rings. The fourth-order valence-corrected chi connectivity index (χ4v) is 5.53. The molecule has 0 unspecified atom stereocenters. The summed E-state index contributed by atoms with van der Waals surface area (Å²) in [6.45, 7) is 3.06. The van der Waals surface area contributed by atoms with E-state index >= 15 is 0 Å². The van der Waals surface area contributed by atoms with Gasteiger partial charge in [0.1, 0.15) is 4.90 Å². The van der Waals surface area contributed by atoms with Crippen LogP contribution in [0, 0.1) is 0 Å². The van der Waals surface area contributed by atoms with E-state index in [9.17, 15) is 8.42 Å². The minimum Gasteiger partial charge on any atom is -0.378 e. The second-order valence-corrected chi connectivity index (χ2v) is 8.75. The lowest BCUT2D eigenvalue weighted by Crippen LogP contribution is -2.37. The number of aromatic nitrogens is 2. The highest BCUT2D eigenvalue weighted by Gasteiger charge is 2.35. The number of hydrogen-bond acceptors (Lipinski definition) is 6. The van der Waals surface area contributed by atoms with Gasteiger partial charge in [-0.2, -0.15) is 4.31 Å². The Morgan fingerprint density at radius 1 is 1.08 bits per heavy atom. The van der Waals surface area contributed by atoms with Crippen molar-refractivity contribution in [1.29, 1.82) is 0 Å². The Hall–Kier alpha value is -1.45. The lowest BCUT2D eigenvalue weighted by atomic mass is 10.3. The number of anilines is 1. The van der Waals surface area contributed by atoms with Crippen LogP contribution in [0.5, 0.6) is 0 Å².